The van der Waals surface area contributed by atoms with E-state index in [1.165, 1.54) is 0 Å². The largest absolute Gasteiger partial charge is 0.351 e. The van der Waals surface area contributed by atoms with Crippen molar-refractivity contribution in [3.8, 4) is 0 Å². The van der Waals surface area contributed by atoms with Crippen molar-refractivity contribution in [3.63, 3.8) is 0 Å². The fraction of sp³-hybridized carbons (Fsp3) is 0.667. The van der Waals surface area contributed by atoms with Gasteiger partial charge in [0.2, 0.25) is 0 Å². The monoisotopic (exact) mass is 254 g/mol. The Hall–Kier alpha value is -0.870. The van der Waals surface area contributed by atoms with E-state index in [1.54, 1.807) is 12.4 Å². The number of anilines is 1. The third kappa shape index (κ3) is 2.87. The van der Waals surface area contributed by atoms with E-state index in [1.807, 2.05) is 0 Å². The summed E-state index contributed by atoms with van der Waals surface area (Å²) in [4.78, 5) is 13.1. The summed E-state index contributed by atoms with van der Waals surface area (Å²) in [6.45, 7) is 10.7. The van der Waals surface area contributed by atoms with Crippen molar-refractivity contribution < 1.29 is 0 Å². The molecular weight excluding hydrogens is 236 g/mol. The summed E-state index contributed by atoms with van der Waals surface area (Å²) in [5.41, 5.74) is 0.234. The molecule has 0 bridgehead atoms. The van der Waals surface area contributed by atoms with Crippen LogP contribution in [0.1, 0.15) is 20.8 Å². The molecule has 0 amide bonds. The van der Waals surface area contributed by atoms with E-state index < -0.39 is 0 Å². The number of piperazine rings is 1. The molecule has 1 aliphatic rings. The van der Waals surface area contributed by atoms with Gasteiger partial charge in [0.15, 0.2) is 11.0 Å². The van der Waals surface area contributed by atoms with Crippen LogP contribution in [0.25, 0.3) is 0 Å². The lowest BCUT2D eigenvalue weighted by molar-refractivity contribution is 0.128. The second-order valence-electron chi connectivity index (χ2n) is 5.32. The molecule has 5 heteroatoms. The molecule has 1 aromatic heterocycles. The SMILES string of the molecule is CC(C)(C)N1CCN(c2nccnc2Cl)CC1. The highest BCUT2D eigenvalue weighted by atomic mass is 35.5. The normalized spacial score (nSPS) is 18.5. The third-order valence-corrected chi connectivity index (χ3v) is 3.43. The fourth-order valence-electron chi connectivity index (χ4n) is 2.11. The van der Waals surface area contributed by atoms with E-state index in [-0.39, 0.29) is 5.54 Å². The van der Waals surface area contributed by atoms with E-state index in [0.29, 0.717) is 5.15 Å². The maximum Gasteiger partial charge on any atom is 0.171 e. The molecule has 0 aromatic carbocycles. The summed E-state index contributed by atoms with van der Waals surface area (Å²) in [7, 11) is 0. The molecule has 0 radical (unpaired) electrons. The Morgan fingerprint density at radius 1 is 1.06 bits per heavy atom. The first-order chi connectivity index (χ1) is 7.98. The molecule has 17 heavy (non-hydrogen) atoms. The van der Waals surface area contributed by atoms with Crippen molar-refractivity contribution in [1.29, 1.82) is 0 Å². The summed E-state index contributed by atoms with van der Waals surface area (Å²) in [5.74, 6) is 0.808. The molecule has 94 valence electrons. The first-order valence-corrected chi connectivity index (χ1v) is 6.33. The highest BCUT2D eigenvalue weighted by Crippen LogP contribution is 2.23. The van der Waals surface area contributed by atoms with Gasteiger partial charge in [-0.05, 0) is 20.8 Å². The van der Waals surface area contributed by atoms with Gasteiger partial charge in [0.05, 0.1) is 0 Å². The minimum atomic E-state index is 0.234. The predicted molar refractivity (Wildman–Crippen MR) is 70.6 cm³/mol. The molecule has 1 aromatic rings. The Kier molecular flexibility index (Phi) is 3.54. The predicted octanol–water partition coefficient (Wildman–Crippen LogP) is 2.05. The van der Waals surface area contributed by atoms with Crippen molar-refractivity contribution in [1.82, 2.24) is 14.9 Å². The zero-order valence-electron chi connectivity index (χ0n) is 10.6. The van der Waals surface area contributed by atoms with Gasteiger partial charge in [-0.1, -0.05) is 11.6 Å². The van der Waals surface area contributed by atoms with Crippen LogP contribution < -0.4 is 4.90 Å². The van der Waals surface area contributed by atoms with Crippen molar-refractivity contribution in [2.24, 2.45) is 0 Å². The van der Waals surface area contributed by atoms with Crippen molar-refractivity contribution in [2.75, 3.05) is 31.1 Å². The number of nitrogens with zero attached hydrogens (tertiary/aromatic N) is 4. The lowest BCUT2D eigenvalue weighted by atomic mass is 10.1. The van der Waals surface area contributed by atoms with Gasteiger partial charge in [0.1, 0.15) is 0 Å². The van der Waals surface area contributed by atoms with Gasteiger partial charge in [-0.2, -0.15) is 0 Å². The average molecular weight is 255 g/mol. The molecule has 1 fully saturated rings. The van der Waals surface area contributed by atoms with Crippen LogP contribution in [-0.2, 0) is 0 Å². The number of rotatable bonds is 1. The molecule has 0 saturated carbocycles. The standard InChI is InChI=1S/C12H19ClN4/c1-12(2,3)17-8-6-16(7-9-17)11-10(13)14-4-5-15-11/h4-5H,6-9H2,1-3H3. The Balaban J connectivity index is 2.03. The Bertz CT molecular complexity index is 380. The van der Waals surface area contributed by atoms with E-state index >= 15 is 0 Å². The van der Waals surface area contributed by atoms with Crippen LogP contribution in [-0.4, -0.2) is 46.6 Å². The molecule has 0 N–H and O–H groups in total. The molecule has 1 aliphatic heterocycles. The smallest absolute Gasteiger partial charge is 0.171 e. The quantitative estimate of drug-likeness (QED) is 0.768. The summed E-state index contributed by atoms with van der Waals surface area (Å²) >= 11 is 6.05. The fourth-order valence-corrected chi connectivity index (χ4v) is 2.34. The van der Waals surface area contributed by atoms with Gasteiger partial charge in [-0.15, -0.1) is 0 Å². The first kappa shape index (κ1) is 12.6. The van der Waals surface area contributed by atoms with E-state index in [9.17, 15) is 0 Å². The van der Waals surface area contributed by atoms with E-state index in [4.69, 9.17) is 11.6 Å². The maximum atomic E-state index is 6.05. The second kappa shape index (κ2) is 4.78. The van der Waals surface area contributed by atoms with Crippen LogP contribution in [0.3, 0.4) is 0 Å². The van der Waals surface area contributed by atoms with E-state index in [2.05, 4.69) is 40.5 Å². The number of hydrogen-bond donors (Lipinski definition) is 0. The molecule has 0 unspecified atom stereocenters. The summed E-state index contributed by atoms with van der Waals surface area (Å²) in [5, 5.41) is 0.497. The van der Waals surface area contributed by atoms with Crippen LogP contribution in [0.15, 0.2) is 12.4 Å². The minimum absolute atomic E-state index is 0.234. The van der Waals surface area contributed by atoms with Gasteiger partial charge in [0.25, 0.3) is 0 Å². The Labute approximate surface area is 108 Å². The number of halogens is 1. The molecule has 0 atom stereocenters. The van der Waals surface area contributed by atoms with Crippen LogP contribution in [0.5, 0.6) is 0 Å². The van der Waals surface area contributed by atoms with Gasteiger partial charge < -0.3 is 4.90 Å². The van der Waals surface area contributed by atoms with Gasteiger partial charge in [0, 0.05) is 44.1 Å². The molecule has 2 rings (SSSR count). The molecule has 0 spiro atoms. The van der Waals surface area contributed by atoms with Crippen LogP contribution in [0.4, 0.5) is 5.82 Å². The summed E-state index contributed by atoms with van der Waals surface area (Å²) in [6, 6.07) is 0. The molecule has 4 nitrogen and oxygen atoms in total. The zero-order valence-corrected chi connectivity index (χ0v) is 11.4. The van der Waals surface area contributed by atoms with Crippen molar-refractivity contribution in [3.05, 3.63) is 17.5 Å². The average Bonchev–Trinajstić information content (AvgIpc) is 2.29. The Morgan fingerprint density at radius 3 is 2.18 bits per heavy atom. The van der Waals surface area contributed by atoms with Crippen molar-refractivity contribution >= 4 is 17.4 Å². The first-order valence-electron chi connectivity index (χ1n) is 5.95. The highest BCUT2D eigenvalue weighted by molar-refractivity contribution is 6.31. The minimum Gasteiger partial charge on any atom is -0.351 e. The molecular formula is C12H19ClN4. The number of hydrogen-bond acceptors (Lipinski definition) is 4. The number of aromatic nitrogens is 2. The van der Waals surface area contributed by atoms with Gasteiger partial charge in [-0.25, -0.2) is 9.97 Å². The molecule has 1 saturated heterocycles. The van der Waals surface area contributed by atoms with Crippen LogP contribution in [0.2, 0.25) is 5.15 Å². The maximum absolute atomic E-state index is 6.05. The van der Waals surface area contributed by atoms with Gasteiger partial charge >= 0.3 is 0 Å². The molecule has 2 heterocycles. The highest BCUT2D eigenvalue weighted by Gasteiger charge is 2.27. The lowest BCUT2D eigenvalue weighted by Crippen LogP contribution is -2.53. The van der Waals surface area contributed by atoms with Crippen molar-refractivity contribution in [2.45, 2.75) is 26.3 Å². The lowest BCUT2D eigenvalue weighted by Gasteiger charge is -2.42. The molecule has 0 aliphatic carbocycles. The third-order valence-electron chi connectivity index (χ3n) is 3.16. The Morgan fingerprint density at radius 2 is 1.65 bits per heavy atom. The second-order valence-corrected chi connectivity index (χ2v) is 5.67. The topological polar surface area (TPSA) is 32.3 Å². The summed E-state index contributed by atoms with van der Waals surface area (Å²) in [6.07, 6.45) is 3.31. The van der Waals surface area contributed by atoms with E-state index in [0.717, 1.165) is 32.0 Å². The zero-order chi connectivity index (χ0) is 12.5. The van der Waals surface area contributed by atoms with Crippen LogP contribution >= 0.6 is 11.6 Å². The van der Waals surface area contributed by atoms with Gasteiger partial charge in [-0.3, -0.25) is 4.90 Å². The summed E-state index contributed by atoms with van der Waals surface area (Å²) < 4.78 is 0. The van der Waals surface area contributed by atoms with Crippen LogP contribution in [0, 0.1) is 0 Å².